The summed E-state index contributed by atoms with van der Waals surface area (Å²) in [5.41, 5.74) is 0.115. The van der Waals surface area contributed by atoms with Crippen molar-refractivity contribution in [3.8, 4) is 0 Å². The zero-order chi connectivity index (χ0) is 13.0. The van der Waals surface area contributed by atoms with E-state index in [0.717, 1.165) is 58.0 Å². The van der Waals surface area contributed by atoms with E-state index in [0.29, 0.717) is 12.1 Å². The Labute approximate surface area is 111 Å². The SMILES string of the molecule is CCC1(CC)CC(NC2CCC(O)CC2)CCO1. The summed E-state index contributed by atoms with van der Waals surface area (Å²) in [6, 6.07) is 1.22. The smallest absolute Gasteiger partial charge is 0.0692 e. The Bertz CT molecular complexity index is 245. The van der Waals surface area contributed by atoms with Gasteiger partial charge in [-0.15, -0.1) is 0 Å². The van der Waals surface area contributed by atoms with Gasteiger partial charge in [0, 0.05) is 18.7 Å². The van der Waals surface area contributed by atoms with E-state index in [2.05, 4.69) is 19.2 Å². The molecule has 0 amide bonds. The van der Waals surface area contributed by atoms with Gasteiger partial charge in [0.1, 0.15) is 0 Å². The molecule has 1 saturated carbocycles. The molecule has 1 aliphatic heterocycles. The second-order valence-corrected chi connectivity index (χ2v) is 6.10. The molecule has 2 aliphatic rings. The number of hydrogen-bond donors (Lipinski definition) is 2. The maximum Gasteiger partial charge on any atom is 0.0692 e. The number of aliphatic hydroxyl groups excluding tert-OH is 1. The average molecular weight is 255 g/mol. The summed E-state index contributed by atoms with van der Waals surface area (Å²) >= 11 is 0. The van der Waals surface area contributed by atoms with E-state index >= 15 is 0 Å². The summed E-state index contributed by atoms with van der Waals surface area (Å²) in [6.07, 6.45) is 8.66. The minimum Gasteiger partial charge on any atom is -0.393 e. The van der Waals surface area contributed by atoms with Crippen LogP contribution in [-0.2, 0) is 4.74 Å². The molecule has 2 rings (SSSR count). The lowest BCUT2D eigenvalue weighted by Gasteiger charge is -2.42. The first kappa shape index (κ1) is 14.3. The molecule has 0 spiro atoms. The van der Waals surface area contributed by atoms with Crippen LogP contribution in [0.15, 0.2) is 0 Å². The van der Waals surface area contributed by atoms with Crippen molar-refractivity contribution in [3.05, 3.63) is 0 Å². The third-order valence-electron chi connectivity index (χ3n) is 4.95. The second kappa shape index (κ2) is 6.36. The van der Waals surface area contributed by atoms with E-state index in [1.807, 2.05) is 0 Å². The van der Waals surface area contributed by atoms with Crippen molar-refractivity contribution in [3.63, 3.8) is 0 Å². The van der Waals surface area contributed by atoms with Crippen LogP contribution in [-0.4, -0.2) is 35.5 Å². The molecule has 0 aromatic carbocycles. The summed E-state index contributed by atoms with van der Waals surface area (Å²) in [5, 5.41) is 13.4. The van der Waals surface area contributed by atoms with Crippen LogP contribution in [0.1, 0.15) is 65.2 Å². The Morgan fingerprint density at radius 1 is 1.06 bits per heavy atom. The first-order valence-corrected chi connectivity index (χ1v) is 7.75. The first-order valence-electron chi connectivity index (χ1n) is 7.75. The van der Waals surface area contributed by atoms with Crippen molar-refractivity contribution in [1.29, 1.82) is 0 Å². The van der Waals surface area contributed by atoms with E-state index in [4.69, 9.17) is 4.74 Å². The molecule has 106 valence electrons. The fourth-order valence-electron chi connectivity index (χ4n) is 3.49. The normalized spacial score (nSPS) is 36.5. The molecule has 0 bridgehead atoms. The van der Waals surface area contributed by atoms with Crippen LogP contribution in [0.5, 0.6) is 0 Å². The molecule has 0 aromatic rings. The van der Waals surface area contributed by atoms with Gasteiger partial charge >= 0.3 is 0 Å². The zero-order valence-corrected chi connectivity index (χ0v) is 12.0. The third kappa shape index (κ3) is 3.46. The lowest BCUT2D eigenvalue weighted by molar-refractivity contribution is -0.0947. The number of aliphatic hydroxyl groups is 1. The molecule has 2 fully saturated rings. The summed E-state index contributed by atoms with van der Waals surface area (Å²) in [5.74, 6) is 0. The van der Waals surface area contributed by atoms with E-state index < -0.39 is 0 Å². The van der Waals surface area contributed by atoms with Gasteiger partial charge in [-0.05, 0) is 51.4 Å². The predicted octanol–water partition coefficient (Wildman–Crippen LogP) is 2.62. The fourth-order valence-corrected chi connectivity index (χ4v) is 3.49. The zero-order valence-electron chi connectivity index (χ0n) is 12.0. The number of nitrogens with one attached hydrogen (secondary N) is 1. The molecule has 1 heterocycles. The molecule has 2 N–H and O–H groups in total. The van der Waals surface area contributed by atoms with Crippen LogP contribution >= 0.6 is 0 Å². The van der Waals surface area contributed by atoms with Crippen LogP contribution in [0.3, 0.4) is 0 Å². The topological polar surface area (TPSA) is 41.5 Å². The highest BCUT2D eigenvalue weighted by Gasteiger charge is 2.35. The molecule has 1 unspecified atom stereocenters. The Hall–Kier alpha value is -0.120. The number of rotatable bonds is 4. The lowest BCUT2D eigenvalue weighted by atomic mass is 9.84. The maximum atomic E-state index is 9.54. The van der Waals surface area contributed by atoms with Gasteiger partial charge in [0.05, 0.1) is 11.7 Å². The molecule has 1 aliphatic carbocycles. The summed E-state index contributed by atoms with van der Waals surface area (Å²) in [4.78, 5) is 0. The molecule has 0 radical (unpaired) electrons. The van der Waals surface area contributed by atoms with Crippen LogP contribution in [0.25, 0.3) is 0 Å². The molecule has 18 heavy (non-hydrogen) atoms. The third-order valence-corrected chi connectivity index (χ3v) is 4.95. The highest BCUT2D eigenvalue weighted by molar-refractivity contribution is 4.90. The standard InChI is InChI=1S/C15H29NO2/c1-3-15(4-2)11-13(9-10-18-15)16-12-5-7-14(17)8-6-12/h12-14,16-17H,3-11H2,1-2H3. The molecule has 3 heteroatoms. The number of hydrogen-bond acceptors (Lipinski definition) is 3. The molecule has 1 atom stereocenters. The average Bonchev–Trinajstić information content (AvgIpc) is 2.41. The number of ether oxygens (including phenoxy) is 1. The van der Waals surface area contributed by atoms with Crippen molar-refractivity contribution < 1.29 is 9.84 Å². The molecular weight excluding hydrogens is 226 g/mol. The van der Waals surface area contributed by atoms with Crippen molar-refractivity contribution in [2.75, 3.05) is 6.61 Å². The van der Waals surface area contributed by atoms with Crippen LogP contribution in [0.4, 0.5) is 0 Å². The minimum atomic E-state index is -0.0527. The van der Waals surface area contributed by atoms with Gasteiger partial charge in [-0.3, -0.25) is 0 Å². The fraction of sp³-hybridized carbons (Fsp3) is 1.00. The van der Waals surface area contributed by atoms with Gasteiger partial charge in [0.15, 0.2) is 0 Å². The Morgan fingerprint density at radius 2 is 1.72 bits per heavy atom. The minimum absolute atomic E-state index is 0.0527. The van der Waals surface area contributed by atoms with Crippen molar-refractivity contribution in [2.45, 2.75) is 89.0 Å². The Morgan fingerprint density at radius 3 is 2.33 bits per heavy atom. The Kier molecular flexibility index (Phi) is 5.05. The largest absolute Gasteiger partial charge is 0.393 e. The summed E-state index contributed by atoms with van der Waals surface area (Å²) in [6.45, 7) is 5.38. The quantitative estimate of drug-likeness (QED) is 0.811. The van der Waals surface area contributed by atoms with Crippen molar-refractivity contribution in [2.24, 2.45) is 0 Å². The van der Waals surface area contributed by atoms with E-state index in [1.54, 1.807) is 0 Å². The van der Waals surface area contributed by atoms with Gasteiger partial charge in [-0.2, -0.15) is 0 Å². The second-order valence-electron chi connectivity index (χ2n) is 6.10. The first-order chi connectivity index (χ1) is 8.67. The maximum absolute atomic E-state index is 9.54. The molecule has 3 nitrogen and oxygen atoms in total. The Balaban J connectivity index is 1.82. The monoisotopic (exact) mass is 255 g/mol. The van der Waals surface area contributed by atoms with Crippen LogP contribution < -0.4 is 5.32 Å². The van der Waals surface area contributed by atoms with E-state index in [1.165, 1.54) is 0 Å². The lowest BCUT2D eigenvalue weighted by Crippen LogP contribution is -2.50. The molecule has 1 saturated heterocycles. The van der Waals surface area contributed by atoms with Gasteiger partial charge < -0.3 is 15.2 Å². The van der Waals surface area contributed by atoms with Crippen molar-refractivity contribution >= 4 is 0 Å². The molecule has 0 aromatic heterocycles. The highest BCUT2D eigenvalue weighted by Crippen LogP contribution is 2.32. The van der Waals surface area contributed by atoms with E-state index in [-0.39, 0.29) is 11.7 Å². The van der Waals surface area contributed by atoms with Gasteiger partial charge in [-0.25, -0.2) is 0 Å². The van der Waals surface area contributed by atoms with Gasteiger partial charge in [0.25, 0.3) is 0 Å². The van der Waals surface area contributed by atoms with Crippen LogP contribution in [0.2, 0.25) is 0 Å². The summed E-state index contributed by atoms with van der Waals surface area (Å²) < 4.78 is 6.02. The molecular formula is C15H29NO2. The van der Waals surface area contributed by atoms with Crippen LogP contribution in [0, 0.1) is 0 Å². The predicted molar refractivity (Wildman–Crippen MR) is 73.7 cm³/mol. The van der Waals surface area contributed by atoms with E-state index in [9.17, 15) is 5.11 Å². The highest BCUT2D eigenvalue weighted by atomic mass is 16.5. The van der Waals surface area contributed by atoms with Gasteiger partial charge in [-0.1, -0.05) is 13.8 Å². The summed E-state index contributed by atoms with van der Waals surface area (Å²) in [7, 11) is 0. The van der Waals surface area contributed by atoms with Gasteiger partial charge in [0.2, 0.25) is 0 Å². The van der Waals surface area contributed by atoms with Crippen molar-refractivity contribution in [1.82, 2.24) is 5.32 Å².